The SMILES string of the molecule is CCS(=O)(=O)c1ccc2c(c1)N(c1ncc(-c3cc([C@H](C)O)ccc3F)cn1)CC21COC1. The fourth-order valence-electron chi connectivity index (χ4n) is 4.41. The Morgan fingerprint density at radius 3 is 2.52 bits per heavy atom. The number of sulfone groups is 1. The summed E-state index contributed by atoms with van der Waals surface area (Å²) in [6.07, 6.45) is 2.36. The molecule has 0 saturated carbocycles. The number of rotatable bonds is 5. The number of hydrogen-bond acceptors (Lipinski definition) is 7. The normalized spacial score (nSPS) is 17.6. The van der Waals surface area contributed by atoms with E-state index in [0.717, 1.165) is 11.3 Å². The van der Waals surface area contributed by atoms with Crippen LogP contribution in [0.2, 0.25) is 0 Å². The van der Waals surface area contributed by atoms with Crippen LogP contribution in [-0.4, -0.2) is 49.0 Å². The van der Waals surface area contributed by atoms with Crippen LogP contribution >= 0.6 is 0 Å². The Hall–Kier alpha value is -2.88. The number of ether oxygens (including phenoxy) is 1. The zero-order chi connectivity index (χ0) is 23.4. The second kappa shape index (κ2) is 7.86. The highest BCUT2D eigenvalue weighted by Crippen LogP contribution is 2.48. The van der Waals surface area contributed by atoms with Crippen LogP contribution in [0.4, 0.5) is 16.0 Å². The average molecular weight is 470 g/mol. The molecule has 0 radical (unpaired) electrons. The molecular formula is C24H24FN3O4S. The first-order valence-corrected chi connectivity index (χ1v) is 12.4. The smallest absolute Gasteiger partial charge is 0.229 e. The van der Waals surface area contributed by atoms with E-state index in [1.54, 1.807) is 50.5 Å². The minimum Gasteiger partial charge on any atom is -0.389 e. The quantitative estimate of drug-likeness (QED) is 0.611. The molecule has 1 spiro atoms. The molecule has 5 rings (SSSR count). The molecule has 2 aromatic carbocycles. The fraction of sp³-hybridized carbons (Fsp3) is 0.333. The molecule has 9 heteroatoms. The molecule has 1 aromatic heterocycles. The van der Waals surface area contributed by atoms with Crippen molar-refractivity contribution in [3.05, 3.63) is 65.7 Å². The predicted octanol–water partition coefficient (Wildman–Crippen LogP) is 3.55. The number of aliphatic hydroxyl groups excluding tert-OH is 1. The molecule has 7 nitrogen and oxygen atoms in total. The Morgan fingerprint density at radius 1 is 1.18 bits per heavy atom. The lowest BCUT2D eigenvalue weighted by atomic mass is 9.81. The van der Waals surface area contributed by atoms with E-state index in [9.17, 15) is 17.9 Å². The molecule has 33 heavy (non-hydrogen) atoms. The Kier molecular flexibility index (Phi) is 5.23. The van der Waals surface area contributed by atoms with Crippen molar-refractivity contribution >= 4 is 21.5 Å². The van der Waals surface area contributed by atoms with Crippen LogP contribution in [0.15, 0.2) is 53.7 Å². The maximum Gasteiger partial charge on any atom is 0.229 e. The third kappa shape index (κ3) is 3.60. The van der Waals surface area contributed by atoms with Crippen molar-refractivity contribution in [3.63, 3.8) is 0 Å². The molecule has 0 bridgehead atoms. The fourth-order valence-corrected chi connectivity index (χ4v) is 5.31. The molecule has 0 amide bonds. The van der Waals surface area contributed by atoms with Crippen molar-refractivity contribution in [1.82, 2.24) is 9.97 Å². The zero-order valence-corrected chi connectivity index (χ0v) is 19.1. The number of nitrogens with zero attached hydrogens (tertiary/aromatic N) is 3. The van der Waals surface area contributed by atoms with Crippen molar-refractivity contribution in [2.45, 2.75) is 30.3 Å². The summed E-state index contributed by atoms with van der Waals surface area (Å²) in [7, 11) is -3.37. The van der Waals surface area contributed by atoms with Gasteiger partial charge < -0.3 is 14.7 Å². The average Bonchev–Trinajstić information content (AvgIpc) is 3.15. The van der Waals surface area contributed by atoms with Gasteiger partial charge in [0.2, 0.25) is 5.95 Å². The topological polar surface area (TPSA) is 92.6 Å². The number of aromatic nitrogens is 2. The van der Waals surface area contributed by atoms with E-state index in [1.165, 1.54) is 6.07 Å². The second-order valence-corrected chi connectivity index (χ2v) is 10.9. The van der Waals surface area contributed by atoms with E-state index in [0.29, 0.717) is 42.4 Å². The van der Waals surface area contributed by atoms with Gasteiger partial charge in [-0.2, -0.15) is 0 Å². The molecule has 3 aromatic rings. The summed E-state index contributed by atoms with van der Waals surface area (Å²) in [6, 6.07) is 9.66. The van der Waals surface area contributed by atoms with Gasteiger partial charge in [0.05, 0.1) is 35.4 Å². The molecular weight excluding hydrogens is 445 g/mol. The monoisotopic (exact) mass is 469 g/mol. The molecule has 3 heterocycles. The lowest BCUT2D eigenvalue weighted by Gasteiger charge is -2.38. The van der Waals surface area contributed by atoms with Crippen LogP contribution in [0.5, 0.6) is 0 Å². The molecule has 172 valence electrons. The maximum atomic E-state index is 14.4. The number of benzene rings is 2. The summed E-state index contributed by atoms with van der Waals surface area (Å²) in [6.45, 7) is 4.91. The van der Waals surface area contributed by atoms with Crippen LogP contribution in [0.25, 0.3) is 11.1 Å². The Bertz CT molecular complexity index is 1320. The van der Waals surface area contributed by atoms with Crippen molar-refractivity contribution in [2.24, 2.45) is 0 Å². The third-order valence-electron chi connectivity index (χ3n) is 6.45. The van der Waals surface area contributed by atoms with Crippen LogP contribution < -0.4 is 4.90 Å². The number of anilines is 2. The van der Waals surface area contributed by atoms with Crippen LogP contribution in [0.3, 0.4) is 0 Å². The van der Waals surface area contributed by atoms with E-state index in [2.05, 4.69) is 9.97 Å². The highest BCUT2D eigenvalue weighted by molar-refractivity contribution is 7.91. The van der Waals surface area contributed by atoms with Gasteiger partial charge in [0.15, 0.2) is 9.84 Å². The Labute approximate surface area is 191 Å². The summed E-state index contributed by atoms with van der Waals surface area (Å²) < 4.78 is 44.9. The summed E-state index contributed by atoms with van der Waals surface area (Å²) in [5.41, 5.74) is 2.95. The lowest BCUT2D eigenvalue weighted by molar-refractivity contribution is -0.0507. The summed E-state index contributed by atoms with van der Waals surface area (Å²) >= 11 is 0. The van der Waals surface area contributed by atoms with Crippen molar-refractivity contribution in [1.29, 1.82) is 0 Å². The first kappa shape index (κ1) is 21.9. The first-order chi connectivity index (χ1) is 15.7. The third-order valence-corrected chi connectivity index (χ3v) is 8.18. The minimum atomic E-state index is -3.37. The standard InChI is InChI=1S/C24H24FN3O4S/c1-3-33(30,31)18-5-6-20-22(9-18)28(12-24(20)13-32-14-24)23-26-10-17(11-27-23)19-8-16(15(2)29)4-7-21(19)25/h4-11,15,29H,3,12-14H2,1-2H3/t15-/m0/s1. The molecule has 1 atom stereocenters. The molecule has 0 aliphatic carbocycles. The van der Waals surface area contributed by atoms with E-state index in [1.807, 2.05) is 11.0 Å². The second-order valence-electron chi connectivity index (χ2n) is 8.63. The van der Waals surface area contributed by atoms with Crippen molar-refractivity contribution < 1.29 is 22.7 Å². The van der Waals surface area contributed by atoms with Gasteiger partial charge in [-0.05, 0) is 42.3 Å². The van der Waals surface area contributed by atoms with Gasteiger partial charge in [0.25, 0.3) is 0 Å². The number of fused-ring (bicyclic) bond motifs is 2. The molecule has 1 N–H and O–H groups in total. The van der Waals surface area contributed by atoms with E-state index in [-0.39, 0.29) is 16.1 Å². The van der Waals surface area contributed by atoms with Gasteiger partial charge in [0, 0.05) is 35.8 Å². The van der Waals surface area contributed by atoms with E-state index in [4.69, 9.17) is 4.74 Å². The molecule has 1 fully saturated rings. The highest BCUT2D eigenvalue weighted by atomic mass is 32.2. The maximum absolute atomic E-state index is 14.4. The van der Waals surface area contributed by atoms with Crippen molar-refractivity contribution in [3.8, 4) is 11.1 Å². The lowest BCUT2D eigenvalue weighted by Crippen LogP contribution is -2.49. The summed E-state index contributed by atoms with van der Waals surface area (Å²) in [5.74, 6) is -0.00773. The minimum absolute atomic E-state index is 0.0162. The molecule has 2 aliphatic heterocycles. The van der Waals surface area contributed by atoms with Gasteiger partial charge in [0.1, 0.15) is 5.82 Å². The zero-order valence-electron chi connectivity index (χ0n) is 18.3. The largest absolute Gasteiger partial charge is 0.389 e. The van der Waals surface area contributed by atoms with Crippen molar-refractivity contribution in [2.75, 3.05) is 30.4 Å². The molecule has 2 aliphatic rings. The number of aliphatic hydroxyl groups is 1. The van der Waals surface area contributed by atoms with E-state index >= 15 is 0 Å². The van der Waals surface area contributed by atoms with Gasteiger partial charge in [-0.1, -0.05) is 19.1 Å². The molecule has 1 saturated heterocycles. The summed E-state index contributed by atoms with van der Waals surface area (Å²) in [4.78, 5) is 11.1. The van der Waals surface area contributed by atoms with Crippen LogP contribution in [0, 0.1) is 5.82 Å². The van der Waals surface area contributed by atoms with Gasteiger partial charge >= 0.3 is 0 Å². The first-order valence-electron chi connectivity index (χ1n) is 10.8. The number of halogens is 1. The van der Waals surface area contributed by atoms with Gasteiger partial charge in [-0.3, -0.25) is 0 Å². The van der Waals surface area contributed by atoms with Gasteiger partial charge in [-0.15, -0.1) is 0 Å². The van der Waals surface area contributed by atoms with Gasteiger partial charge in [-0.25, -0.2) is 22.8 Å². The van der Waals surface area contributed by atoms with Crippen LogP contribution in [-0.2, 0) is 20.0 Å². The number of hydrogen-bond donors (Lipinski definition) is 1. The Balaban J connectivity index is 1.54. The molecule has 0 unspecified atom stereocenters. The van der Waals surface area contributed by atoms with Crippen LogP contribution in [0.1, 0.15) is 31.1 Å². The Morgan fingerprint density at radius 2 is 1.91 bits per heavy atom. The highest BCUT2D eigenvalue weighted by Gasteiger charge is 2.49. The summed E-state index contributed by atoms with van der Waals surface area (Å²) in [5, 5.41) is 9.83. The predicted molar refractivity (Wildman–Crippen MR) is 122 cm³/mol. The van der Waals surface area contributed by atoms with E-state index < -0.39 is 21.8 Å².